The topological polar surface area (TPSA) is 86.8 Å². The fourth-order valence-corrected chi connectivity index (χ4v) is 4.78. The molecular weight excluding hydrogens is 366 g/mol. The molecule has 1 saturated heterocycles. The number of sulfonamides is 1. The lowest BCUT2D eigenvalue weighted by atomic mass is 10.2. The highest BCUT2D eigenvalue weighted by molar-refractivity contribution is 7.89. The number of nitrogens with one attached hydrogen (secondary N) is 1. The van der Waals surface area contributed by atoms with Crippen LogP contribution in [0, 0.1) is 5.92 Å². The summed E-state index contributed by atoms with van der Waals surface area (Å²) in [5.74, 6) is 0.526. The summed E-state index contributed by atoms with van der Waals surface area (Å²) in [6.07, 6.45) is 2.37. The second-order valence-corrected chi connectivity index (χ2v) is 9.39. The number of ketones is 1. The summed E-state index contributed by atoms with van der Waals surface area (Å²) in [7, 11) is -3.58. The minimum Gasteiger partial charge on any atom is -0.352 e. The van der Waals surface area contributed by atoms with E-state index >= 15 is 0 Å². The van der Waals surface area contributed by atoms with Crippen LogP contribution in [-0.4, -0.2) is 68.1 Å². The SMILES string of the molecule is CC(=O)c1ccc(S(=O)(=O)N2CCN(CC(=O)N[C@H](C)C3CC3)CC2)cc1. The van der Waals surface area contributed by atoms with Gasteiger partial charge < -0.3 is 5.32 Å². The standard InChI is InChI=1S/C19H27N3O4S/c1-14(16-3-4-16)20-19(24)13-21-9-11-22(12-10-21)27(25,26)18-7-5-17(6-8-18)15(2)23/h5-8,14,16H,3-4,9-13H2,1-2H3,(H,20,24)/t14-/m1/s1. The van der Waals surface area contributed by atoms with Crippen LogP contribution in [0.2, 0.25) is 0 Å². The van der Waals surface area contributed by atoms with Crippen molar-refractivity contribution < 1.29 is 18.0 Å². The largest absolute Gasteiger partial charge is 0.352 e. The molecule has 3 rings (SSSR count). The van der Waals surface area contributed by atoms with Gasteiger partial charge in [0.25, 0.3) is 0 Å². The Labute approximate surface area is 160 Å². The van der Waals surface area contributed by atoms with Crippen molar-refractivity contribution in [3.63, 3.8) is 0 Å². The second-order valence-electron chi connectivity index (χ2n) is 7.45. The summed E-state index contributed by atoms with van der Waals surface area (Å²) in [4.78, 5) is 25.6. The smallest absolute Gasteiger partial charge is 0.243 e. The highest BCUT2D eigenvalue weighted by Crippen LogP contribution is 2.32. The lowest BCUT2D eigenvalue weighted by molar-refractivity contribution is -0.123. The molecule has 1 aliphatic carbocycles. The Hall–Kier alpha value is -1.77. The van der Waals surface area contributed by atoms with Crippen LogP contribution < -0.4 is 5.32 Å². The average molecular weight is 394 g/mol. The molecular formula is C19H27N3O4S. The molecule has 8 heteroatoms. The molecule has 0 unspecified atom stereocenters. The lowest BCUT2D eigenvalue weighted by Gasteiger charge is -2.33. The van der Waals surface area contributed by atoms with E-state index in [0.717, 1.165) is 0 Å². The molecule has 2 fully saturated rings. The van der Waals surface area contributed by atoms with Crippen LogP contribution in [0.3, 0.4) is 0 Å². The lowest BCUT2D eigenvalue weighted by Crippen LogP contribution is -2.51. The molecule has 1 aromatic carbocycles. The van der Waals surface area contributed by atoms with E-state index in [1.165, 1.54) is 48.3 Å². The molecule has 2 aliphatic rings. The number of nitrogens with zero attached hydrogens (tertiary/aromatic N) is 2. The molecule has 0 radical (unpaired) electrons. The first-order chi connectivity index (χ1) is 12.8. The first-order valence-electron chi connectivity index (χ1n) is 9.40. The average Bonchev–Trinajstić information content (AvgIpc) is 3.47. The van der Waals surface area contributed by atoms with Crippen LogP contribution in [0.4, 0.5) is 0 Å². The number of hydrogen-bond acceptors (Lipinski definition) is 5. The third-order valence-electron chi connectivity index (χ3n) is 5.31. The molecule has 1 N–H and O–H groups in total. The zero-order valence-electron chi connectivity index (χ0n) is 15.8. The van der Waals surface area contributed by atoms with Crippen molar-refractivity contribution in [2.75, 3.05) is 32.7 Å². The van der Waals surface area contributed by atoms with Gasteiger partial charge >= 0.3 is 0 Å². The van der Waals surface area contributed by atoms with Crippen molar-refractivity contribution in [2.24, 2.45) is 5.92 Å². The molecule has 1 aliphatic heterocycles. The van der Waals surface area contributed by atoms with Gasteiger partial charge in [-0.2, -0.15) is 4.31 Å². The van der Waals surface area contributed by atoms with Gasteiger partial charge in [-0.1, -0.05) is 12.1 Å². The summed E-state index contributed by atoms with van der Waals surface area (Å²) in [6, 6.07) is 6.25. The number of rotatable bonds is 7. The van der Waals surface area contributed by atoms with Crippen molar-refractivity contribution in [2.45, 2.75) is 37.6 Å². The number of Topliss-reactive ketones (excluding diaryl/α,β-unsaturated/α-hetero) is 1. The van der Waals surface area contributed by atoms with Crippen LogP contribution in [0.5, 0.6) is 0 Å². The Bertz CT molecular complexity index is 795. The Morgan fingerprint density at radius 2 is 1.70 bits per heavy atom. The molecule has 1 atom stereocenters. The van der Waals surface area contributed by atoms with Gasteiger partial charge in [0.15, 0.2) is 5.78 Å². The molecule has 1 amide bonds. The van der Waals surface area contributed by atoms with Crippen LogP contribution in [0.15, 0.2) is 29.2 Å². The van der Waals surface area contributed by atoms with Crippen LogP contribution >= 0.6 is 0 Å². The Morgan fingerprint density at radius 1 is 1.11 bits per heavy atom. The number of hydrogen-bond donors (Lipinski definition) is 1. The van der Waals surface area contributed by atoms with Crippen molar-refractivity contribution in [1.29, 1.82) is 0 Å². The van der Waals surface area contributed by atoms with E-state index in [9.17, 15) is 18.0 Å². The number of piperazine rings is 1. The molecule has 1 saturated carbocycles. The zero-order chi connectivity index (χ0) is 19.6. The van der Waals surface area contributed by atoms with Crippen molar-refractivity contribution in [3.05, 3.63) is 29.8 Å². The maximum absolute atomic E-state index is 12.8. The zero-order valence-corrected chi connectivity index (χ0v) is 16.7. The van der Waals surface area contributed by atoms with Crippen molar-refractivity contribution in [1.82, 2.24) is 14.5 Å². The number of carbonyl (C=O) groups excluding carboxylic acids is 2. The first-order valence-corrected chi connectivity index (χ1v) is 10.8. The van der Waals surface area contributed by atoms with E-state index in [2.05, 4.69) is 5.32 Å². The molecule has 1 aromatic rings. The van der Waals surface area contributed by atoms with E-state index in [1.807, 2.05) is 11.8 Å². The van der Waals surface area contributed by atoms with Gasteiger partial charge in [0.05, 0.1) is 11.4 Å². The maximum atomic E-state index is 12.8. The summed E-state index contributed by atoms with van der Waals surface area (Å²) in [5.41, 5.74) is 0.491. The molecule has 0 spiro atoms. The molecule has 0 aromatic heterocycles. The molecule has 27 heavy (non-hydrogen) atoms. The monoisotopic (exact) mass is 393 g/mol. The first kappa shape index (κ1) is 20.0. The van der Waals surface area contributed by atoms with E-state index < -0.39 is 10.0 Å². The third kappa shape index (κ3) is 4.94. The molecule has 1 heterocycles. The van der Waals surface area contributed by atoms with Gasteiger partial charge in [0, 0.05) is 37.8 Å². The molecule has 148 valence electrons. The minimum atomic E-state index is -3.58. The maximum Gasteiger partial charge on any atom is 0.243 e. The fourth-order valence-electron chi connectivity index (χ4n) is 3.36. The highest BCUT2D eigenvalue weighted by atomic mass is 32.2. The van der Waals surface area contributed by atoms with Gasteiger partial charge in [0.2, 0.25) is 15.9 Å². The van der Waals surface area contributed by atoms with Crippen molar-refractivity contribution >= 4 is 21.7 Å². The number of carbonyl (C=O) groups is 2. The van der Waals surface area contributed by atoms with Gasteiger partial charge in [-0.05, 0) is 44.7 Å². The van der Waals surface area contributed by atoms with Gasteiger partial charge in [-0.15, -0.1) is 0 Å². The minimum absolute atomic E-state index is 0.00512. The van der Waals surface area contributed by atoms with Gasteiger partial charge in [0.1, 0.15) is 0 Å². The van der Waals surface area contributed by atoms with Crippen LogP contribution in [0.25, 0.3) is 0 Å². The Morgan fingerprint density at radius 3 is 2.22 bits per heavy atom. The third-order valence-corrected chi connectivity index (χ3v) is 7.23. The van der Waals surface area contributed by atoms with E-state index in [1.54, 1.807) is 0 Å². The van der Waals surface area contributed by atoms with Gasteiger partial charge in [-0.3, -0.25) is 14.5 Å². The van der Waals surface area contributed by atoms with Gasteiger partial charge in [-0.25, -0.2) is 8.42 Å². The second kappa shape index (κ2) is 8.08. The quantitative estimate of drug-likeness (QED) is 0.702. The predicted molar refractivity (Wildman–Crippen MR) is 102 cm³/mol. The highest BCUT2D eigenvalue weighted by Gasteiger charge is 2.31. The normalized spacial score (nSPS) is 20.2. The fraction of sp³-hybridized carbons (Fsp3) is 0.579. The molecule has 0 bridgehead atoms. The predicted octanol–water partition coefficient (Wildman–Crippen LogP) is 1.11. The van der Waals surface area contributed by atoms with Crippen LogP contribution in [0.1, 0.15) is 37.0 Å². The molecule has 7 nitrogen and oxygen atoms in total. The summed E-state index contributed by atoms with van der Waals surface area (Å²) in [6.45, 7) is 5.54. The van der Waals surface area contributed by atoms with E-state index in [-0.39, 0.29) is 22.6 Å². The summed E-state index contributed by atoms with van der Waals surface area (Å²) < 4.78 is 27.0. The number of amides is 1. The number of benzene rings is 1. The van der Waals surface area contributed by atoms with Crippen molar-refractivity contribution in [3.8, 4) is 0 Å². The van der Waals surface area contributed by atoms with E-state index in [0.29, 0.717) is 44.2 Å². The van der Waals surface area contributed by atoms with Crippen LogP contribution in [-0.2, 0) is 14.8 Å². The summed E-state index contributed by atoms with van der Waals surface area (Å²) >= 11 is 0. The Kier molecular flexibility index (Phi) is 5.98. The Balaban J connectivity index is 1.52. The summed E-state index contributed by atoms with van der Waals surface area (Å²) in [5, 5.41) is 3.03. The van der Waals surface area contributed by atoms with E-state index in [4.69, 9.17) is 0 Å².